The molecule has 2 aromatic rings. The van der Waals surface area contributed by atoms with E-state index in [1.165, 1.54) is 0 Å². The fourth-order valence-corrected chi connectivity index (χ4v) is 2.74. The van der Waals surface area contributed by atoms with Gasteiger partial charge in [0.1, 0.15) is 11.5 Å². The molecule has 0 aromatic heterocycles. The summed E-state index contributed by atoms with van der Waals surface area (Å²) in [7, 11) is 1.64. The molecule has 0 bridgehead atoms. The molecule has 4 N–H and O–H groups in total. The van der Waals surface area contributed by atoms with Crippen molar-refractivity contribution in [3.05, 3.63) is 60.2 Å². The van der Waals surface area contributed by atoms with Crippen molar-refractivity contribution in [2.24, 2.45) is 21.5 Å². The van der Waals surface area contributed by atoms with Gasteiger partial charge in [-0.1, -0.05) is 30.3 Å². The first-order chi connectivity index (χ1) is 12.7. The summed E-state index contributed by atoms with van der Waals surface area (Å²) in [6.45, 7) is 1.21. The Morgan fingerprint density at radius 2 is 1.69 bits per heavy atom. The van der Waals surface area contributed by atoms with Crippen molar-refractivity contribution >= 4 is 11.9 Å². The summed E-state index contributed by atoms with van der Waals surface area (Å²) in [6, 6.07) is 17.4. The van der Waals surface area contributed by atoms with Crippen LogP contribution < -0.4 is 20.9 Å². The van der Waals surface area contributed by atoms with Gasteiger partial charge in [-0.25, -0.2) is 4.99 Å². The molecule has 0 saturated carbocycles. The highest BCUT2D eigenvalue weighted by molar-refractivity contribution is 5.95. The summed E-state index contributed by atoms with van der Waals surface area (Å²) in [4.78, 5) is 10.5. The maximum Gasteiger partial charge on any atom is 0.220 e. The molecule has 1 atom stereocenters. The van der Waals surface area contributed by atoms with Crippen molar-refractivity contribution in [3.8, 4) is 11.5 Å². The lowest BCUT2D eigenvalue weighted by atomic mass is 10.1. The van der Waals surface area contributed by atoms with Gasteiger partial charge in [0.15, 0.2) is 6.17 Å². The summed E-state index contributed by atoms with van der Waals surface area (Å²) >= 11 is 0. The van der Waals surface area contributed by atoms with E-state index in [-0.39, 0.29) is 12.1 Å². The lowest BCUT2D eigenvalue weighted by Gasteiger charge is -2.32. The molecular weight excluding hydrogens is 330 g/mol. The number of benzene rings is 2. The molecule has 136 valence electrons. The molecule has 7 heteroatoms. The van der Waals surface area contributed by atoms with Gasteiger partial charge in [0.25, 0.3) is 0 Å². The van der Waals surface area contributed by atoms with Gasteiger partial charge in [-0.15, -0.1) is 0 Å². The number of ether oxygens (including phenoxy) is 2. The minimum atomic E-state index is -0.269. The van der Waals surface area contributed by atoms with Crippen LogP contribution in [0.5, 0.6) is 11.5 Å². The third kappa shape index (κ3) is 4.24. The SMILES string of the molecule is COc1ccc(OCCCN2C(N)=NC(N)=NC2c2ccccc2)cc1. The molecule has 3 rings (SSSR count). The summed E-state index contributed by atoms with van der Waals surface area (Å²) in [6.07, 6.45) is 0.496. The number of rotatable bonds is 7. The van der Waals surface area contributed by atoms with E-state index in [1.54, 1.807) is 7.11 Å². The fraction of sp³-hybridized carbons (Fsp3) is 0.263. The molecule has 1 aliphatic heterocycles. The van der Waals surface area contributed by atoms with Gasteiger partial charge in [-0.05, 0) is 36.2 Å². The number of methoxy groups -OCH3 is 1. The lowest BCUT2D eigenvalue weighted by molar-refractivity contribution is 0.258. The highest BCUT2D eigenvalue weighted by atomic mass is 16.5. The van der Waals surface area contributed by atoms with Crippen molar-refractivity contribution in [1.29, 1.82) is 0 Å². The van der Waals surface area contributed by atoms with E-state index in [0.717, 1.165) is 23.5 Å². The van der Waals surface area contributed by atoms with Crippen molar-refractivity contribution in [2.45, 2.75) is 12.6 Å². The minimum absolute atomic E-state index is 0.196. The number of guanidine groups is 2. The van der Waals surface area contributed by atoms with Crippen molar-refractivity contribution in [1.82, 2.24) is 4.90 Å². The van der Waals surface area contributed by atoms with E-state index in [1.807, 2.05) is 59.5 Å². The monoisotopic (exact) mass is 353 g/mol. The van der Waals surface area contributed by atoms with Crippen molar-refractivity contribution < 1.29 is 9.47 Å². The second kappa shape index (κ2) is 8.24. The highest BCUT2D eigenvalue weighted by Crippen LogP contribution is 2.24. The van der Waals surface area contributed by atoms with Crippen LogP contribution in [0.3, 0.4) is 0 Å². The van der Waals surface area contributed by atoms with Crippen LogP contribution in [0.1, 0.15) is 18.2 Å². The zero-order valence-corrected chi connectivity index (χ0v) is 14.7. The van der Waals surface area contributed by atoms with Gasteiger partial charge in [-0.3, -0.25) is 0 Å². The minimum Gasteiger partial charge on any atom is -0.497 e. The second-order valence-corrected chi connectivity index (χ2v) is 5.81. The smallest absolute Gasteiger partial charge is 0.220 e. The summed E-state index contributed by atoms with van der Waals surface area (Å²) in [5.74, 6) is 2.17. The second-order valence-electron chi connectivity index (χ2n) is 5.81. The van der Waals surface area contributed by atoms with Crippen LogP contribution in [0.15, 0.2) is 64.6 Å². The first kappa shape index (κ1) is 17.6. The summed E-state index contributed by atoms with van der Waals surface area (Å²) in [5.41, 5.74) is 12.9. The van der Waals surface area contributed by atoms with Crippen molar-refractivity contribution in [2.75, 3.05) is 20.3 Å². The number of hydrogen-bond acceptors (Lipinski definition) is 7. The Kier molecular flexibility index (Phi) is 5.58. The third-order valence-corrected chi connectivity index (χ3v) is 4.04. The first-order valence-corrected chi connectivity index (χ1v) is 8.43. The molecule has 1 unspecified atom stereocenters. The lowest BCUT2D eigenvalue weighted by Crippen LogP contribution is -2.44. The fourth-order valence-electron chi connectivity index (χ4n) is 2.74. The summed E-state index contributed by atoms with van der Waals surface area (Å²) < 4.78 is 10.9. The van der Waals surface area contributed by atoms with Gasteiger partial charge in [-0.2, -0.15) is 4.99 Å². The van der Waals surface area contributed by atoms with E-state index in [4.69, 9.17) is 20.9 Å². The zero-order valence-electron chi connectivity index (χ0n) is 14.7. The topological polar surface area (TPSA) is 98.5 Å². The van der Waals surface area contributed by atoms with E-state index in [2.05, 4.69) is 9.98 Å². The molecule has 7 nitrogen and oxygen atoms in total. The Bertz CT molecular complexity index is 774. The molecule has 1 heterocycles. The first-order valence-electron chi connectivity index (χ1n) is 8.43. The molecule has 0 radical (unpaired) electrons. The van der Waals surface area contributed by atoms with E-state index in [9.17, 15) is 0 Å². The normalized spacial score (nSPS) is 16.7. The highest BCUT2D eigenvalue weighted by Gasteiger charge is 2.25. The van der Waals surface area contributed by atoms with Crippen LogP contribution in [0.2, 0.25) is 0 Å². The summed E-state index contributed by atoms with van der Waals surface area (Å²) in [5, 5.41) is 0. The van der Waals surface area contributed by atoms with Crippen LogP contribution in [0, 0.1) is 0 Å². The number of hydrogen-bond donors (Lipinski definition) is 2. The van der Waals surface area contributed by atoms with E-state index in [0.29, 0.717) is 19.1 Å². The Morgan fingerprint density at radius 3 is 2.38 bits per heavy atom. The van der Waals surface area contributed by atoms with Gasteiger partial charge in [0.2, 0.25) is 11.9 Å². The Morgan fingerprint density at radius 1 is 1.00 bits per heavy atom. The standard InChI is InChI=1S/C19H23N5O2/c1-25-15-8-10-16(11-9-15)26-13-5-12-24-17(14-6-3-2-4-7-14)22-18(20)23-19(24)21/h2-4,6-11,17H,5,12-13H2,1H3,(H4,20,21,22,23). The Hall–Kier alpha value is -3.22. The molecule has 1 aliphatic rings. The molecule has 0 amide bonds. The molecule has 2 aromatic carbocycles. The van der Waals surface area contributed by atoms with E-state index >= 15 is 0 Å². The van der Waals surface area contributed by atoms with Crippen LogP contribution >= 0.6 is 0 Å². The number of nitrogens with zero attached hydrogens (tertiary/aromatic N) is 3. The predicted octanol–water partition coefficient (Wildman–Crippen LogP) is 2.11. The predicted molar refractivity (Wildman–Crippen MR) is 102 cm³/mol. The van der Waals surface area contributed by atoms with Gasteiger partial charge < -0.3 is 25.8 Å². The molecule has 0 saturated heterocycles. The maximum atomic E-state index is 6.08. The Balaban J connectivity index is 1.58. The molecule has 0 fully saturated rings. The zero-order chi connectivity index (χ0) is 18.4. The maximum absolute atomic E-state index is 6.08. The largest absolute Gasteiger partial charge is 0.497 e. The quantitative estimate of drug-likeness (QED) is 0.743. The van der Waals surface area contributed by atoms with Gasteiger partial charge >= 0.3 is 0 Å². The van der Waals surface area contributed by atoms with E-state index < -0.39 is 0 Å². The van der Waals surface area contributed by atoms with Gasteiger partial charge in [0.05, 0.1) is 13.7 Å². The molecular formula is C19H23N5O2. The molecule has 0 aliphatic carbocycles. The molecule has 26 heavy (non-hydrogen) atoms. The van der Waals surface area contributed by atoms with Crippen LogP contribution in [0.25, 0.3) is 0 Å². The van der Waals surface area contributed by atoms with Gasteiger partial charge in [0, 0.05) is 6.54 Å². The van der Waals surface area contributed by atoms with Crippen LogP contribution in [-0.4, -0.2) is 37.1 Å². The van der Waals surface area contributed by atoms with Crippen molar-refractivity contribution in [3.63, 3.8) is 0 Å². The van der Waals surface area contributed by atoms with Crippen LogP contribution in [0.4, 0.5) is 0 Å². The Labute approximate surface area is 152 Å². The number of nitrogens with two attached hydrogens (primary N) is 2. The third-order valence-electron chi connectivity index (χ3n) is 4.04. The molecule has 0 spiro atoms. The number of aliphatic imine (C=N–C) groups is 2. The van der Waals surface area contributed by atoms with Crippen LogP contribution in [-0.2, 0) is 0 Å². The average Bonchev–Trinajstić information content (AvgIpc) is 2.67. The average molecular weight is 353 g/mol.